The van der Waals surface area contributed by atoms with E-state index in [9.17, 15) is 0 Å². The monoisotopic (exact) mass is 212 g/mol. The van der Waals surface area contributed by atoms with Crippen LogP contribution in [0.5, 0.6) is 0 Å². The molecule has 14 heavy (non-hydrogen) atoms. The molecule has 1 aliphatic heterocycles. The summed E-state index contributed by atoms with van der Waals surface area (Å²) in [6.45, 7) is 2.78. The Balaban J connectivity index is 2.18. The standard InChI is InChI=1S/C11H13ClO2/c1-8-6-7-13-11(14-8)9-4-2-3-5-10(9)12/h2-5,8,11H,6-7H2,1H3. The average molecular weight is 213 g/mol. The van der Waals surface area contributed by atoms with Gasteiger partial charge < -0.3 is 9.47 Å². The number of halogens is 1. The van der Waals surface area contributed by atoms with E-state index in [2.05, 4.69) is 0 Å². The van der Waals surface area contributed by atoms with Crippen molar-refractivity contribution in [3.05, 3.63) is 34.9 Å². The van der Waals surface area contributed by atoms with Crippen LogP contribution in [0.3, 0.4) is 0 Å². The van der Waals surface area contributed by atoms with E-state index in [0.717, 1.165) is 18.6 Å². The van der Waals surface area contributed by atoms with Gasteiger partial charge in [0.25, 0.3) is 0 Å². The Labute approximate surface area is 88.8 Å². The molecule has 2 rings (SSSR count). The van der Waals surface area contributed by atoms with Crippen LogP contribution in [0.25, 0.3) is 0 Å². The minimum absolute atomic E-state index is 0.241. The molecule has 1 heterocycles. The molecule has 2 nitrogen and oxygen atoms in total. The van der Waals surface area contributed by atoms with Gasteiger partial charge in [-0.2, -0.15) is 0 Å². The lowest BCUT2D eigenvalue weighted by molar-refractivity contribution is -0.212. The van der Waals surface area contributed by atoms with Crippen molar-refractivity contribution in [2.75, 3.05) is 6.61 Å². The van der Waals surface area contributed by atoms with E-state index < -0.39 is 0 Å². The second-order valence-corrected chi connectivity index (χ2v) is 3.87. The number of hydrogen-bond acceptors (Lipinski definition) is 2. The van der Waals surface area contributed by atoms with Crippen molar-refractivity contribution in [2.24, 2.45) is 0 Å². The maximum atomic E-state index is 6.05. The van der Waals surface area contributed by atoms with E-state index in [4.69, 9.17) is 21.1 Å². The van der Waals surface area contributed by atoms with Crippen LogP contribution in [0, 0.1) is 0 Å². The summed E-state index contributed by atoms with van der Waals surface area (Å²) in [5.74, 6) is 0. The third-order valence-corrected chi connectivity index (χ3v) is 2.65. The van der Waals surface area contributed by atoms with Crippen LogP contribution in [-0.4, -0.2) is 12.7 Å². The fraction of sp³-hybridized carbons (Fsp3) is 0.455. The highest BCUT2D eigenvalue weighted by Crippen LogP contribution is 2.30. The lowest BCUT2D eigenvalue weighted by Crippen LogP contribution is -2.24. The van der Waals surface area contributed by atoms with Crippen molar-refractivity contribution in [3.63, 3.8) is 0 Å². The van der Waals surface area contributed by atoms with Crippen LogP contribution in [0.4, 0.5) is 0 Å². The van der Waals surface area contributed by atoms with Gasteiger partial charge in [0.15, 0.2) is 6.29 Å². The number of benzene rings is 1. The van der Waals surface area contributed by atoms with Crippen molar-refractivity contribution >= 4 is 11.6 Å². The quantitative estimate of drug-likeness (QED) is 0.712. The van der Waals surface area contributed by atoms with Gasteiger partial charge in [-0.25, -0.2) is 0 Å². The highest BCUT2D eigenvalue weighted by Gasteiger charge is 2.22. The molecule has 0 aliphatic carbocycles. The highest BCUT2D eigenvalue weighted by molar-refractivity contribution is 6.31. The van der Waals surface area contributed by atoms with Crippen LogP contribution >= 0.6 is 11.6 Å². The molecule has 1 aromatic rings. The summed E-state index contributed by atoms with van der Waals surface area (Å²) in [4.78, 5) is 0. The highest BCUT2D eigenvalue weighted by atomic mass is 35.5. The summed E-state index contributed by atoms with van der Waals surface area (Å²) in [6.07, 6.45) is 0.887. The second kappa shape index (κ2) is 4.30. The van der Waals surface area contributed by atoms with Crippen LogP contribution in [-0.2, 0) is 9.47 Å². The fourth-order valence-corrected chi connectivity index (χ4v) is 1.71. The van der Waals surface area contributed by atoms with Gasteiger partial charge in [-0.3, -0.25) is 0 Å². The summed E-state index contributed by atoms with van der Waals surface area (Å²) in [5, 5.41) is 0.701. The summed E-state index contributed by atoms with van der Waals surface area (Å²) in [6, 6.07) is 7.62. The van der Waals surface area contributed by atoms with E-state index in [1.807, 2.05) is 31.2 Å². The molecule has 0 spiro atoms. The first-order valence-corrected chi connectivity index (χ1v) is 5.16. The van der Waals surface area contributed by atoms with Crippen LogP contribution in [0.1, 0.15) is 25.2 Å². The molecule has 1 saturated heterocycles. The molecule has 2 atom stereocenters. The fourth-order valence-electron chi connectivity index (χ4n) is 1.49. The second-order valence-electron chi connectivity index (χ2n) is 3.46. The number of hydrogen-bond donors (Lipinski definition) is 0. The van der Waals surface area contributed by atoms with E-state index in [-0.39, 0.29) is 12.4 Å². The summed E-state index contributed by atoms with van der Waals surface area (Å²) < 4.78 is 11.2. The Morgan fingerprint density at radius 2 is 2.14 bits per heavy atom. The largest absolute Gasteiger partial charge is 0.348 e. The third kappa shape index (κ3) is 2.08. The molecular formula is C11H13ClO2. The number of rotatable bonds is 1. The Morgan fingerprint density at radius 1 is 1.36 bits per heavy atom. The molecule has 76 valence electrons. The van der Waals surface area contributed by atoms with E-state index in [0.29, 0.717) is 5.02 Å². The van der Waals surface area contributed by atoms with Gasteiger partial charge in [-0.1, -0.05) is 29.8 Å². The first kappa shape index (κ1) is 9.97. The molecule has 0 aromatic heterocycles. The predicted molar refractivity (Wildman–Crippen MR) is 55.3 cm³/mol. The molecule has 0 bridgehead atoms. The topological polar surface area (TPSA) is 18.5 Å². The zero-order valence-corrected chi connectivity index (χ0v) is 8.83. The zero-order chi connectivity index (χ0) is 9.97. The molecule has 1 aromatic carbocycles. The van der Waals surface area contributed by atoms with Crippen LogP contribution in [0.2, 0.25) is 5.02 Å². The van der Waals surface area contributed by atoms with Gasteiger partial charge in [0.1, 0.15) is 0 Å². The Hall–Kier alpha value is -0.570. The van der Waals surface area contributed by atoms with E-state index in [1.54, 1.807) is 0 Å². The molecule has 0 radical (unpaired) electrons. The van der Waals surface area contributed by atoms with Crippen molar-refractivity contribution in [2.45, 2.75) is 25.7 Å². The summed E-state index contributed by atoms with van der Waals surface area (Å²) in [5.41, 5.74) is 0.917. The normalized spacial score (nSPS) is 27.6. The smallest absolute Gasteiger partial charge is 0.185 e. The molecule has 1 aliphatic rings. The van der Waals surface area contributed by atoms with Crippen LogP contribution in [0.15, 0.2) is 24.3 Å². The van der Waals surface area contributed by atoms with Gasteiger partial charge in [-0.15, -0.1) is 0 Å². The summed E-state index contributed by atoms with van der Waals surface area (Å²) in [7, 11) is 0. The van der Waals surface area contributed by atoms with Gasteiger partial charge in [0.05, 0.1) is 12.7 Å². The van der Waals surface area contributed by atoms with Gasteiger partial charge >= 0.3 is 0 Å². The molecule has 1 fully saturated rings. The minimum Gasteiger partial charge on any atom is -0.348 e. The van der Waals surface area contributed by atoms with Gasteiger partial charge in [0.2, 0.25) is 0 Å². The Morgan fingerprint density at radius 3 is 2.86 bits per heavy atom. The predicted octanol–water partition coefficient (Wildman–Crippen LogP) is 3.16. The van der Waals surface area contributed by atoms with Crippen LogP contribution < -0.4 is 0 Å². The Kier molecular flexibility index (Phi) is 3.06. The van der Waals surface area contributed by atoms with Gasteiger partial charge in [0, 0.05) is 10.6 Å². The van der Waals surface area contributed by atoms with Crippen molar-refractivity contribution in [3.8, 4) is 0 Å². The summed E-state index contributed by atoms with van der Waals surface area (Å²) >= 11 is 6.05. The Bertz CT molecular complexity index is 314. The minimum atomic E-state index is -0.299. The first-order chi connectivity index (χ1) is 6.77. The molecule has 0 saturated carbocycles. The maximum absolute atomic E-state index is 6.05. The van der Waals surface area contributed by atoms with Crippen molar-refractivity contribution < 1.29 is 9.47 Å². The first-order valence-electron chi connectivity index (χ1n) is 4.79. The number of ether oxygens (including phenoxy) is 2. The molecule has 0 N–H and O–H groups in total. The third-order valence-electron chi connectivity index (χ3n) is 2.31. The van der Waals surface area contributed by atoms with Crippen molar-refractivity contribution in [1.82, 2.24) is 0 Å². The molecule has 3 heteroatoms. The van der Waals surface area contributed by atoms with Gasteiger partial charge in [-0.05, 0) is 19.4 Å². The lowest BCUT2D eigenvalue weighted by Gasteiger charge is -2.28. The zero-order valence-electron chi connectivity index (χ0n) is 8.07. The SMILES string of the molecule is CC1CCOC(c2ccccc2Cl)O1. The van der Waals surface area contributed by atoms with Crippen molar-refractivity contribution in [1.29, 1.82) is 0 Å². The maximum Gasteiger partial charge on any atom is 0.185 e. The average Bonchev–Trinajstić information content (AvgIpc) is 2.18. The van der Waals surface area contributed by atoms with E-state index >= 15 is 0 Å². The molecular weight excluding hydrogens is 200 g/mol. The molecule has 0 amide bonds. The lowest BCUT2D eigenvalue weighted by atomic mass is 10.2. The van der Waals surface area contributed by atoms with E-state index in [1.165, 1.54) is 0 Å². The molecule has 2 unspecified atom stereocenters.